The molecule has 0 aliphatic carbocycles. The van der Waals surface area contributed by atoms with Crippen LogP contribution >= 0.6 is 0 Å². The summed E-state index contributed by atoms with van der Waals surface area (Å²) >= 11 is 0. The third-order valence-corrected chi connectivity index (χ3v) is 5.80. The van der Waals surface area contributed by atoms with Crippen molar-refractivity contribution in [1.29, 1.82) is 0 Å². The van der Waals surface area contributed by atoms with E-state index in [1.54, 1.807) is 0 Å². The van der Waals surface area contributed by atoms with E-state index in [9.17, 15) is 9.59 Å². The Kier molecular flexibility index (Phi) is 5.72. The van der Waals surface area contributed by atoms with Gasteiger partial charge in [-0.25, -0.2) is 0 Å². The van der Waals surface area contributed by atoms with E-state index in [1.165, 1.54) is 10.6 Å². The summed E-state index contributed by atoms with van der Waals surface area (Å²) in [7, 11) is 0. The molecule has 2 fully saturated rings. The lowest BCUT2D eigenvalue weighted by Gasteiger charge is -2.36. The second-order valence-corrected chi connectivity index (χ2v) is 7.57. The SMILES string of the molecule is O=C1CC(c2ccccc2)C(=O)N1CCCN1CCN(c2ccccc2)CC1. The molecule has 0 aromatic heterocycles. The molecule has 2 saturated heterocycles. The Morgan fingerprint density at radius 3 is 2.11 bits per heavy atom. The first kappa shape index (κ1) is 18.7. The van der Waals surface area contributed by atoms with Crippen LogP contribution in [-0.4, -0.2) is 60.9 Å². The fourth-order valence-corrected chi connectivity index (χ4v) is 4.18. The van der Waals surface area contributed by atoms with Gasteiger partial charge in [-0.3, -0.25) is 19.4 Å². The largest absolute Gasteiger partial charge is 0.369 e. The van der Waals surface area contributed by atoms with Crippen molar-refractivity contribution in [2.75, 3.05) is 44.2 Å². The van der Waals surface area contributed by atoms with Gasteiger partial charge in [0.25, 0.3) is 0 Å². The summed E-state index contributed by atoms with van der Waals surface area (Å²) in [5, 5.41) is 0. The minimum atomic E-state index is -0.303. The van der Waals surface area contributed by atoms with Crippen LogP contribution in [0.5, 0.6) is 0 Å². The lowest BCUT2D eigenvalue weighted by molar-refractivity contribution is -0.138. The average Bonchev–Trinajstić information content (AvgIpc) is 3.04. The number of piperazine rings is 1. The van der Waals surface area contributed by atoms with Gasteiger partial charge in [-0.1, -0.05) is 48.5 Å². The number of carbonyl (C=O) groups is 2. The standard InChI is InChI=1S/C23H27N3O2/c27-22-18-21(19-8-3-1-4-9-19)23(28)26(22)13-7-12-24-14-16-25(17-15-24)20-10-5-2-6-11-20/h1-6,8-11,21H,7,12-18H2. The zero-order valence-corrected chi connectivity index (χ0v) is 16.2. The second kappa shape index (κ2) is 8.57. The Hall–Kier alpha value is -2.66. The molecule has 2 amide bonds. The van der Waals surface area contributed by atoms with Gasteiger partial charge in [0.15, 0.2) is 0 Å². The van der Waals surface area contributed by atoms with Crippen LogP contribution in [0.4, 0.5) is 5.69 Å². The number of benzene rings is 2. The molecule has 2 aliphatic heterocycles. The average molecular weight is 377 g/mol. The summed E-state index contributed by atoms with van der Waals surface area (Å²) in [6.45, 7) is 5.52. The molecule has 0 radical (unpaired) electrons. The van der Waals surface area contributed by atoms with Gasteiger partial charge in [-0.05, 0) is 30.7 Å². The summed E-state index contributed by atoms with van der Waals surface area (Å²) < 4.78 is 0. The van der Waals surface area contributed by atoms with Gasteiger partial charge in [0, 0.05) is 44.8 Å². The van der Waals surface area contributed by atoms with Crippen LogP contribution in [0, 0.1) is 0 Å². The molecule has 0 N–H and O–H groups in total. The van der Waals surface area contributed by atoms with E-state index in [0.717, 1.165) is 44.7 Å². The van der Waals surface area contributed by atoms with Crippen molar-refractivity contribution in [3.8, 4) is 0 Å². The van der Waals surface area contributed by atoms with Gasteiger partial charge in [-0.2, -0.15) is 0 Å². The number of hydrogen-bond acceptors (Lipinski definition) is 4. The van der Waals surface area contributed by atoms with Gasteiger partial charge >= 0.3 is 0 Å². The third-order valence-electron chi connectivity index (χ3n) is 5.80. The molecule has 0 spiro atoms. The third kappa shape index (κ3) is 4.09. The van der Waals surface area contributed by atoms with Crippen LogP contribution < -0.4 is 4.90 Å². The first-order chi connectivity index (χ1) is 13.7. The minimum Gasteiger partial charge on any atom is -0.369 e. The van der Waals surface area contributed by atoms with E-state index < -0.39 is 0 Å². The van der Waals surface area contributed by atoms with Crippen molar-refractivity contribution in [3.63, 3.8) is 0 Å². The molecule has 2 aromatic rings. The quantitative estimate of drug-likeness (QED) is 0.726. The van der Waals surface area contributed by atoms with Gasteiger partial charge in [0.1, 0.15) is 0 Å². The maximum Gasteiger partial charge on any atom is 0.237 e. The topological polar surface area (TPSA) is 43.9 Å². The molecule has 2 aromatic carbocycles. The van der Waals surface area contributed by atoms with Gasteiger partial charge in [0.2, 0.25) is 11.8 Å². The molecule has 0 saturated carbocycles. The highest BCUT2D eigenvalue weighted by Gasteiger charge is 2.38. The Morgan fingerprint density at radius 2 is 1.43 bits per heavy atom. The van der Waals surface area contributed by atoms with Crippen molar-refractivity contribution in [2.45, 2.75) is 18.8 Å². The van der Waals surface area contributed by atoms with Crippen molar-refractivity contribution < 1.29 is 9.59 Å². The van der Waals surface area contributed by atoms with Gasteiger partial charge < -0.3 is 4.90 Å². The second-order valence-electron chi connectivity index (χ2n) is 7.57. The van der Waals surface area contributed by atoms with E-state index in [0.29, 0.717) is 13.0 Å². The van der Waals surface area contributed by atoms with Crippen molar-refractivity contribution in [1.82, 2.24) is 9.80 Å². The highest BCUT2D eigenvalue weighted by Crippen LogP contribution is 2.29. The summed E-state index contributed by atoms with van der Waals surface area (Å²) in [4.78, 5) is 31.3. The van der Waals surface area contributed by atoms with Crippen LogP contribution in [0.3, 0.4) is 0 Å². The molecule has 2 heterocycles. The van der Waals surface area contributed by atoms with E-state index >= 15 is 0 Å². The number of rotatable bonds is 6. The maximum atomic E-state index is 12.7. The number of nitrogens with zero attached hydrogens (tertiary/aromatic N) is 3. The summed E-state index contributed by atoms with van der Waals surface area (Å²) in [6, 6.07) is 20.2. The number of hydrogen-bond donors (Lipinski definition) is 0. The van der Waals surface area contributed by atoms with Crippen LogP contribution in [0.15, 0.2) is 60.7 Å². The molecule has 5 heteroatoms. The highest BCUT2D eigenvalue weighted by atomic mass is 16.2. The molecule has 4 rings (SSSR count). The Labute approximate surface area is 166 Å². The molecule has 146 valence electrons. The van der Waals surface area contributed by atoms with Crippen molar-refractivity contribution in [2.24, 2.45) is 0 Å². The van der Waals surface area contributed by atoms with Crippen molar-refractivity contribution >= 4 is 17.5 Å². The van der Waals surface area contributed by atoms with E-state index in [2.05, 4.69) is 34.1 Å². The molecular weight excluding hydrogens is 350 g/mol. The van der Waals surface area contributed by atoms with Gasteiger partial charge in [0.05, 0.1) is 5.92 Å². The summed E-state index contributed by atoms with van der Waals surface area (Å²) in [5.74, 6) is -0.374. The number of amides is 2. The van der Waals surface area contributed by atoms with Crippen LogP contribution in [0.1, 0.15) is 24.3 Å². The lowest BCUT2D eigenvalue weighted by atomic mass is 9.98. The number of para-hydroxylation sites is 1. The van der Waals surface area contributed by atoms with E-state index in [4.69, 9.17) is 0 Å². The monoisotopic (exact) mass is 377 g/mol. The number of imide groups is 1. The Morgan fingerprint density at radius 1 is 0.786 bits per heavy atom. The fraction of sp³-hybridized carbons (Fsp3) is 0.391. The molecule has 5 nitrogen and oxygen atoms in total. The highest BCUT2D eigenvalue weighted by molar-refractivity contribution is 6.06. The maximum absolute atomic E-state index is 12.7. The molecule has 1 unspecified atom stereocenters. The van der Waals surface area contributed by atoms with Crippen LogP contribution in [0.25, 0.3) is 0 Å². The van der Waals surface area contributed by atoms with E-state index in [-0.39, 0.29) is 17.7 Å². The van der Waals surface area contributed by atoms with Crippen LogP contribution in [0.2, 0.25) is 0 Å². The first-order valence-corrected chi connectivity index (χ1v) is 10.1. The van der Waals surface area contributed by atoms with Crippen LogP contribution in [-0.2, 0) is 9.59 Å². The first-order valence-electron chi connectivity index (χ1n) is 10.1. The predicted molar refractivity (Wildman–Crippen MR) is 110 cm³/mol. The fourth-order valence-electron chi connectivity index (χ4n) is 4.18. The number of anilines is 1. The molecule has 1 atom stereocenters. The normalized spacial score (nSPS) is 20.8. The number of likely N-dealkylation sites (tertiary alicyclic amines) is 1. The summed E-state index contributed by atoms with van der Waals surface area (Å²) in [6.07, 6.45) is 1.14. The van der Waals surface area contributed by atoms with Gasteiger partial charge in [-0.15, -0.1) is 0 Å². The molecular formula is C23H27N3O2. The zero-order valence-electron chi connectivity index (χ0n) is 16.2. The molecule has 0 bridgehead atoms. The van der Waals surface area contributed by atoms with Crippen molar-refractivity contribution in [3.05, 3.63) is 66.2 Å². The molecule has 2 aliphatic rings. The Balaban J connectivity index is 1.23. The predicted octanol–water partition coefficient (Wildman–Crippen LogP) is 2.74. The zero-order chi connectivity index (χ0) is 19.3. The minimum absolute atomic E-state index is 0.0345. The Bertz CT molecular complexity index is 801. The van der Waals surface area contributed by atoms with E-state index in [1.807, 2.05) is 36.4 Å². The lowest BCUT2D eigenvalue weighted by Crippen LogP contribution is -2.47. The summed E-state index contributed by atoms with van der Waals surface area (Å²) in [5.41, 5.74) is 2.22. The molecule has 28 heavy (non-hydrogen) atoms. The number of carbonyl (C=O) groups excluding carboxylic acids is 2. The smallest absolute Gasteiger partial charge is 0.237 e.